The topological polar surface area (TPSA) is 84.3 Å². The van der Waals surface area contributed by atoms with Gasteiger partial charge in [0.05, 0.1) is 5.69 Å². The first-order chi connectivity index (χ1) is 7.58. The van der Waals surface area contributed by atoms with Gasteiger partial charge in [0.15, 0.2) is 0 Å². The van der Waals surface area contributed by atoms with Crippen LogP contribution in [0, 0.1) is 0 Å². The molecule has 2 rings (SSSR count). The molecule has 16 heavy (non-hydrogen) atoms. The van der Waals surface area contributed by atoms with E-state index in [4.69, 9.17) is 0 Å². The van der Waals surface area contributed by atoms with E-state index in [9.17, 15) is 14.4 Å². The second kappa shape index (κ2) is 3.76. The van der Waals surface area contributed by atoms with Gasteiger partial charge in [0.1, 0.15) is 0 Å². The van der Waals surface area contributed by atoms with Crippen molar-refractivity contribution in [3.63, 3.8) is 0 Å². The van der Waals surface area contributed by atoms with Crippen LogP contribution >= 0.6 is 0 Å². The first-order valence-corrected chi connectivity index (χ1v) is 4.73. The third-order valence-corrected chi connectivity index (χ3v) is 2.27. The molecule has 1 aromatic heterocycles. The minimum absolute atomic E-state index is 0.160. The van der Waals surface area contributed by atoms with E-state index in [1.807, 2.05) is 5.32 Å². The average Bonchev–Trinajstić information content (AvgIpc) is 2.72. The molecular weight excluding hydrogens is 212 g/mol. The second-order valence-corrected chi connectivity index (χ2v) is 3.45. The van der Waals surface area contributed by atoms with Gasteiger partial charge in [-0.05, 0) is 6.07 Å². The van der Waals surface area contributed by atoms with Gasteiger partial charge in [-0.1, -0.05) is 0 Å². The number of aromatic nitrogens is 2. The van der Waals surface area contributed by atoms with Crippen molar-refractivity contribution in [2.75, 3.05) is 6.54 Å². The minimum Gasteiger partial charge on any atom is -0.276 e. The Labute approximate surface area is 91.0 Å². The quantitative estimate of drug-likeness (QED) is 0.527. The SMILES string of the molecule is Cn1ccc(CCN2C(=O)NC(=O)C2=O)n1. The van der Waals surface area contributed by atoms with Crippen LogP contribution in [0.2, 0.25) is 0 Å². The summed E-state index contributed by atoms with van der Waals surface area (Å²) in [5.74, 6) is -1.67. The van der Waals surface area contributed by atoms with Gasteiger partial charge in [-0.3, -0.25) is 24.5 Å². The van der Waals surface area contributed by atoms with E-state index in [-0.39, 0.29) is 6.54 Å². The van der Waals surface area contributed by atoms with Crippen LogP contribution in [0.25, 0.3) is 0 Å². The fourth-order valence-electron chi connectivity index (χ4n) is 1.46. The summed E-state index contributed by atoms with van der Waals surface area (Å²) in [7, 11) is 1.78. The fraction of sp³-hybridized carbons (Fsp3) is 0.333. The zero-order valence-corrected chi connectivity index (χ0v) is 8.64. The first kappa shape index (κ1) is 10.3. The summed E-state index contributed by atoms with van der Waals surface area (Å²) >= 11 is 0. The van der Waals surface area contributed by atoms with Crippen LogP contribution in [0.1, 0.15) is 5.69 Å². The largest absolute Gasteiger partial charge is 0.331 e. The number of hydrogen-bond acceptors (Lipinski definition) is 4. The Morgan fingerprint density at radius 3 is 2.62 bits per heavy atom. The van der Waals surface area contributed by atoms with Crippen molar-refractivity contribution in [1.29, 1.82) is 0 Å². The van der Waals surface area contributed by atoms with Gasteiger partial charge in [-0.25, -0.2) is 4.79 Å². The van der Waals surface area contributed by atoms with E-state index in [0.717, 1.165) is 10.6 Å². The number of carbonyl (C=O) groups is 3. The molecule has 0 atom stereocenters. The zero-order valence-electron chi connectivity index (χ0n) is 8.64. The van der Waals surface area contributed by atoms with Crippen molar-refractivity contribution in [2.24, 2.45) is 7.05 Å². The third kappa shape index (κ3) is 1.79. The lowest BCUT2D eigenvalue weighted by Crippen LogP contribution is -2.33. The Morgan fingerprint density at radius 2 is 2.12 bits per heavy atom. The second-order valence-electron chi connectivity index (χ2n) is 3.45. The molecule has 1 saturated heterocycles. The van der Waals surface area contributed by atoms with Crippen molar-refractivity contribution in [3.8, 4) is 0 Å². The smallest absolute Gasteiger partial charge is 0.276 e. The molecule has 2 heterocycles. The maximum Gasteiger partial charge on any atom is 0.331 e. The number of hydrogen-bond donors (Lipinski definition) is 1. The summed E-state index contributed by atoms with van der Waals surface area (Å²) in [5.41, 5.74) is 0.766. The highest BCUT2D eigenvalue weighted by Crippen LogP contribution is 2.03. The number of rotatable bonds is 3. The zero-order chi connectivity index (χ0) is 11.7. The molecular formula is C9H10N4O3. The summed E-state index contributed by atoms with van der Waals surface area (Å²) in [6.07, 6.45) is 2.21. The molecule has 1 aromatic rings. The molecule has 0 saturated carbocycles. The molecule has 1 N–H and O–H groups in total. The van der Waals surface area contributed by atoms with Crippen LogP contribution in [0.15, 0.2) is 12.3 Å². The molecule has 1 fully saturated rings. The summed E-state index contributed by atoms with van der Waals surface area (Å²) in [6, 6.07) is 1.13. The highest BCUT2D eigenvalue weighted by atomic mass is 16.2. The number of aryl methyl sites for hydroxylation is 1. The van der Waals surface area contributed by atoms with Gasteiger partial charge >= 0.3 is 17.8 Å². The van der Waals surface area contributed by atoms with Crippen molar-refractivity contribution in [1.82, 2.24) is 20.0 Å². The lowest BCUT2D eigenvalue weighted by molar-refractivity contribution is -0.140. The monoisotopic (exact) mass is 222 g/mol. The highest BCUT2D eigenvalue weighted by molar-refractivity contribution is 6.44. The molecule has 7 heteroatoms. The van der Waals surface area contributed by atoms with Crippen molar-refractivity contribution in [2.45, 2.75) is 6.42 Å². The number of amides is 4. The van der Waals surface area contributed by atoms with E-state index in [2.05, 4.69) is 5.10 Å². The van der Waals surface area contributed by atoms with Gasteiger partial charge in [0.2, 0.25) is 0 Å². The van der Waals surface area contributed by atoms with Crippen molar-refractivity contribution in [3.05, 3.63) is 18.0 Å². The van der Waals surface area contributed by atoms with Crippen molar-refractivity contribution < 1.29 is 14.4 Å². The van der Waals surface area contributed by atoms with E-state index in [1.165, 1.54) is 0 Å². The molecule has 0 bridgehead atoms. The number of nitrogens with one attached hydrogen (secondary N) is 1. The molecule has 4 amide bonds. The van der Waals surface area contributed by atoms with Gasteiger partial charge in [-0.2, -0.15) is 5.10 Å². The maximum absolute atomic E-state index is 11.2. The van der Waals surface area contributed by atoms with Crippen LogP contribution in [-0.2, 0) is 23.1 Å². The molecule has 1 aliphatic heterocycles. The third-order valence-electron chi connectivity index (χ3n) is 2.27. The molecule has 84 valence electrons. The first-order valence-electron chi connectivity index (χ1n) is 4.73. The Bertz CT molecular complexity index is 465. The average molecular weight is 222 g/mol. The highest BCUT2D eigenvalue weighted by Gasteiger charge is 2.36. The summed E-state index contributed by atoms with van der Waals surface area (Å²) < 4.78 is 1.63. The van der Waals surface area contributed by atoms with E-state index < -0.39 is 17.8 Å². The normalized spacial score (nSPS) is 15.8. The Kier molecular flexibility index (Phi) is 2.43. The lowest BCUT2D eigenvalue weighted by atomic mass is 10.3. The van der Waals surface area contributed by atoms with Crippen LogP contribution in [-0.4, -0.2) is 39.1 Å². The summed E-state index contributed by atoms with van der Waals surface area (Å²) in [4.78, 5) is 34.1. The van der Waals surface area contributed by atoms with E-state index >= 15 is 0 Å². The van der Waals surface area contributed by atoms with Crippen LogP contribution in [0.4, 0.5) is 4.79 Å². The maximum atomic E-state index is 11.2. The van der Waals surface area contributed by atoms with E-state index in [1.54, 1.807) is 24.0 Å². The number of imide groups is 2. The van der Waals surface area contributed by atoms with Gasteiger partial charge in [0.25, 0.3) is 0 Å². The standard InChI is InChI=1S/C9H10N4O3/c1-12-4-2-6(11-12)3-5-13-8(15)7(14)10-9(13)16/h2,4H,3,5H2,1H3,(H,10,14,16). The number of carbonyl (C=O) groups excluding carboxylic acids is 3. The van der Waals surface area contributed by atoms with E-state index in [0.29, 0.717) is 6.42 Å². The molecule has 1 aliphatic rings. The van der Waals surface area contributed by atoms with Crippen LogP contribution in [0.5, 0.6) is 0 Å². The summed E-state index contributed by atoms with van der Waals surface area (Å²) in [6.45, 7) is 0.160. The Hall–Kier alpha value is -2.18. The minimum atomic E-state index is -0.869. The predicted octanol–water partition coefficient (Wildman–Crippen LogP) is -0.959. The number of nitrogens with zero attached hydrogens (tertiary/aromatic N) is 3. The Morgan fingerprint density at radius 1 is 1.38 bits per heavy atom. The lowest BCUT2D eigenvalue weighted by Gasteiger charge is -2.09. The number of urea groups is 1. The summed E-state index contributed by atoms with van der Waals surface area (Å²) in [5, 5.41) is 6.03. The molecule has 0 spiro atoms. The van der Waals surface area contributed by atoms with Gasteiger partial charge < -0.3 is 0 Å². The molecule has 7 nitrogen and oxygen atoms in total. The molecule has 0 unspecified atom stereocenters. The molecule has 0 radical (unpaired) electrons. The van der Waals surface area contributed by atoms with Crippen LogP contribution < -0.4 is 5.32 Å². The van der Waals surface area contributed by atoms with Gasteiger partial charge in [0, 0.05) is 26.2 Å². The molecule has 0 aliphatic carbocycles. The predicted molar refractivity (Wildman–Crippen MR) is 52.2 cm³/mol. The fourth-order valence-corrected chi connectivity index (χ4v) is 1.46. The Balaban J connectivity index is 1.98. The molecule has 0 aromatic carbocycles. The van der Waals surface area contributed by atoms with Crippen LogP contribution in [0.3, 0.4) is 0 Å². The van der Waals surface area contributed by atoms with Crippen molar-refractivity contribution >= 4 is 17.8 Å². The van der Waals surface area contributed by atoms with Gasteiger partial charge in [-0.15, -0.1) is 0 Å².